The molecule has 1 aromatic rings. The van der Waals surface area contributed by atoms with E-state index in [4.69, 9.17) is 19.9 Å². The summed E-state index contributed by atoms with van der Waals surface area (Å²) < 4.78 is 16.9. The number of imidazole rings is 1. The number of aromatic amines is 1. The van der Waals surface area contributed by atoms with E-state index in [0.717, 1.165) is 18.8 Å². The summed E-state index contributed by atoms with van der Waals surface area (Å²) in [5.41, 5.74) is 6.76. The molecule has 1 aromatic heterocycles. The maximum absolute atomic E-state index is 12.1. The van der Waals surface area contributed by atoms with Gasteiger partial charge in [-0.2, -0.15) is 0 Å². The van der Waals surface area contributed by atoms with E-state index in [1.54, 1.807) is 12.5 Å². The summed E-state index contributed by atoms with van der Waals surface area (Å²) >= 11 is 0. The van der Waals surface area contributed by atoms with Gasteiger partial charge in [0, 0.05) is 24.9 Å². The normalized spacial score (nSPS) is 12.2. The van der Waals surface area contributed by atoms with Crippen molar-refractivity contribution in [2.24, 2.45) is 5.73 Å². The first-order chi connectivity index (χ1) is 29.7. The zero-order chi connectivity index (χ0) is 43.1. The summed E-state index contributed by atoms with van der Waals surface area (Å²) in [6.07, 6.45) is 54.7. The minimum Gasteiger partial charge on any atom is -0.462 e. The molecule has 1 atom stereocenters. The highest BCUT2D eigenvalue weighted by Gasteiger charge is 2.16. The number of ether oxygens (including phenoxy) is 3. The highest BCUT2D eigenvalue weighted by Crippen LogP contribution is 2.16. The van der Waals surface area contributed by atoms with Crippen molar-refractivity contribution in [2.45, 2.75) is 257 Å². The van der Waals surface area contributed by atoms with Crippen LogP contribution in [0.15, 0.2) is 12.5 Å². The lowest BCUT2D eigenvalue weighted by atomic mass is 10.0. The Morgan fingerprint density at radius 2 is 0.833 bits per heavy atom. The number of nitrogens with two attached hydrogens (primary N) is 1. The predicted octanol–water partition coefficient (Wildman–Crippen LogP) is 14.2. The number of hydrogen-bond donors (Lipinski definition) is 2. The summed E-state index contributed by atoms with van der Waals surface area (Å²) in [7, 11) is 0. The summed E-state index contributed by atoms with van der Waals surface area (Å²) in [4.78, 5) is 21.7. The molecule has 8 heteroatoms. The van der Waals surface area contributed by atoms with Crippen LogP contribution in [0.4, 0.5) is 0 Å². The van der Waals surface area contributed by atoms with E-state index in [-0.39, 0.29) is 6.61 Å². The minimum absolute atomic E-state index is 0.197. The van der Waals surface area contributed by atoms with E-state index < -0.39 is 12.0 Å². The number of carbonyl (C=O) groups excluding carboxylic acids is 1. The molecule has 0 saturated carbocycles. The van der Waals surface area contributed by atoms with E-state index in [1.807, 2.05) is 0 Å². The maximum atomic E-state index is 12.1. The van der Waals surface area contributed by atoms with Gasteiger partial charge in [0.2, 0.25) is 0 Å². The molecule has 1 rings (SSSR count). The first-order valence-electron chi connectivity index (χ1n) is 26.4. The van der Waals surface area contributed by atoms with Crippen LogP contribution in [0.25, 0.3) is 0 Å². The zero-order valence-corrected chi connectivity index (χ0v) is 40.2. The second-order valence-corrected chi connectivity index (χ2v) is 18.1. The number of rotatable bonds is 50. The molecule has 0 saturated heterocycles. The monoisotopic (exact) mass is 847 g/mol. The molecule has 8 nitrogen and oxygen atoms in total. The minimum atomic E-state index is -0.709. The zero-order valence-electron chi connectivity index (χ0n) is 40.2. The summed E-state index contributed by atoms with van der Waals surface area (Å²) in [6, 6.07) is -0.709. The Labute approximate surface area is 372 Å². The van der Waals surface area contributed by atoms with Crippen molar-refractivity contribution in [3.05, 3.63) is 18.2 Å². The van der Waals surface area contributed by atoms with Gasteiger partial charge in [0.1, 0.15) is 12.6 Å². The number of nitrogens with one attached hydrogen (secondary N) is 1. The molecular weight excluding hydrogens is 745 g/mol. The third kappa shape index (κ3) is 40.6. The Morgan fingerprint density at radius 1 is 0.500 bits per heavy atom. The van der Waals surface area contributed by atoms with Crippen molar-refractivity contribution in [3.63, 3.8) is 0 Å². The quantitative estimate of drug-likeness (QED) is 0.0497. The molecule has 0 fully saturated rings. The van der Waals surface area contributed by atoms with Crippen molar-refractivity contribution in [2.75, 3.05) is 52.7 Å². The second kappa shape index (κ2) is 47.0. The van der Waals surface area contributed by atoms with Crippen LogP contribution in [0.1, 0.15) is 251 Å². The van der Waals surface area contributed by atoms with Gasteiger partial charge in [-0.1, -0.05) is 232 Å². The molecule has 0 spiro atoms. The number of hydrogen-bond acceptors (Lipinski definition) is 7. The number of nitrogens with zero attached hydrogens (tertiary/aromatic N) is 2. The number of H-pyrrole nitrogens is 1. The van der Waals surface area contributed by atoms with E-state index in [2.05, 4.69) is 28.7 Å². The van der Waals surface area contributed by atoms with Gasteiger partial charge in [-0.05, 0) is 25.9 Å². The molecule has 0 radical (unpaired) electrons. The fourth-order valence-electron chi connectivity index (χ4n) is 8.35. The molecule has 0 aromatic carbocycles. The first kappa shape index (κ1) is 56.5. The molecule has 0 aliphatic rings. The summed E-state index contributed by atoms with van der Waals surface area (Å²) in [6.45, 7) is 10.3. The average molecular weight is 847 g/mol. The molecule has 354 valence electrons. The topological polar surface area (TPSA) is 103 Å². The third-order valence-corrected chi connectivity index (χ3v) is 12.3. The standard InChI is InChI=1S/C52H102N4O4/c1-3-5-7-9-11-13-15-17-19-21-23-25-27-29-31-33-35-37-39-56(40-38-36-34-32-30-28-26-24-22-20-18-16-14-12-10-8-6-4-2)41-42-58-43-44-59-45-46-60-52(57)51(53)47-50-48-54-49-55-50/h48-49,51H,3-47,53H2,1-2H3,(H,54,55). The van der Waals surface area contributed by atoms with E-state index >= 15 is 0 Å². The van der Waals surface area contributed by atoms with Crippen LogP contribution in [0, 0.1) is 0 Å². The average Bonchev–Trinajstić information content (AvgIpc) is 3.77. The lowest BCUT2D eigenvalue weighted by molar-refractivity contribution is -0.146. The van der Waals surface area contributed by atoms with E-state index in [9.17, 15) is 4.79 Å². The van der Waals surface area contributed by atoms with Crippen LogP contribution in [0.5, 0.6) is 0 Å². The van der Waals surface area contributed by atoms with Crippen LogP contribution in [0.2, 0.25) is 0 Å². The molecule has 1 heterocycles. The van der Waals surface area contributed by atoms with E-state index in [0.29, 0.717) is 26.2 Å². The Bertz CT molecular complexity index is 924. The van der Waals surface area contributed by atoms with Crippen LogP contribution >= 0.6 is 0 Å². The van der Waals surface area contributed by atoms with Gasteiger partial charge in [-0.3, -0.25) is 4.79 Å². The molecule has 60 heavy (non-hydrogen) atoms. The Hall–Kier alpha value is -1.48. The van der Waals surface area contributed by atoms with Crippen molar-refractivity contribution >= 4 is 5.97 Å². The van der Waals surface area contributed by atoms with Gasteiger partial charge in [0.15, 0.2) is 0 Å². The molecule has 0 bridgehead atoms. The van der Waals surface area contributed by atoms with Crippen molar-refractivity contribution in [3.8, 4) is 0 Å². The fraction of sp³-hybridized carbons (Fsp3) is 0.923. The molecule has 0 aliphatic heterocycles. The van der Waals surface area contributed by atoms with Crippen LogP contribution < -0.4 is 5.73 Å². The van der Waals surface area contributed by atoms with Crippen molar-refractivity contribution < 1.29 is 19.0 Å². The largest absolute Gasteiger partial charge is 0.462 e. The third-order valence-electron chi connectivity index (χ3n) is 12.3. The number of unbranched alkanes of at least 4 members (excludes halogenated alkanes) is 34. The molecular formula is C52H102N4O4. The van der Waals surface area contributed by atoms with Gasteiger partial charge >= 0.3 is 5.97 Å². The highest BCUT2D eigenvalue weighted by molar-refractivity contribution is 5.75. The van der Waals surface area contributed by atoms with Crippen molar-refractivity contribution in [1.82, 2.24) is 14.9 Å². The molecule has 3 N–H and O–H groups in total. The SMILES string of the molecule is CCCCCCCCCCCCCCCCCCCCN(CCCCCCCCCCCCCCCCCCCC)CCOCCOCCOC(=O)C(N)Cc1cnc[nH]1. The van der Waals surface area contributed by atoms with Gasteiger partial charge in [-0.15, -0.1) is 0 Å². The predicted molar refractivity (Wildman–Crippen MR) is 257 cm³/mol. The molecule has 0 aliphatic carbocycles. The van der Waals surface area contributed by atoms with Crippen molar-refractivity contribution in [1.29, 1.82) is 0 Å². The van der Waals surface area contributed by atoms with Gasteiger partial charge < -0.3 is 29.8 Å². The fourth-order valence-corrected chi connectivity index (χ4v) is 8.35. The second-order valence-electron chi connectivity index (χ2n) is 18.1. The number of carbonyl (C=O) groups is 1. The van der Waals surface area contributed by atoms with Gasteiger partial charge in [0.25, 0.3) is 0 Å². The Morgan fingerprint density at radius 3 is 1.18 bits per heavy atom. The lowest BCUT2D eigenvalue weighted by Gasteiger charge is -2.22. The Balaban J connectivity index is 2.11. The van der Waals surface area contributed by atoms with Crippen LogP contribution in [-0.2, 0) is 25.4 Å². The summed E-state index contributed by atoms with van der Waals surface area (Å²) in [5.74, 6) is -0.422. The van der Waals surface area contributed by atoms with Crippen LogP contribution in [0.3, 0.4) is 0 Å². The van der Waals surface area contributed by atoms with Crippen LogP contribution in [-0.4, -0.2) is 79.5 Å². The molecule has 1 unspecified atom stereocenters. The van der Waals surface area contributed by atoms with Gasteiger partial charge in [-0.25, -0.2) is 4.98 Å². The maximum Gasteiger partial charge on any atom is 0.323 e. The summed E-state index contributed by atoms with van der Waals surface area (Å²) in [5, 5.41) is 0. The number of aromatic nitrogens is 2. The molecule has 0 amide bonds. The smallest absolute Gasteiger partial charge is 0.323 e. The Kier molecular flexibility index (Phi) is 44.3. The van der Waals surface area contributed by atoms with E-state index in [1.165, 1.54) is 244 Å². The lowest BCUT2D eigenvalue weighted by Crippen LogP contribution is -2.35. The first-order valence-corrected chi connectivity index (χ1v) is 26.4. The highest BCUT2D eigenvalue weighted by atomic mass is 16.6. The number of esters is 1. The van der Waals surface area contributed by atoms with Gasteiger partial charge in [0.05, 0.1) is 32.8 Å².